The predicted molar refractivity (Wildman–Crippen MR) is 79.2 cm³/mol. The molecule has 0 saturated carbocycles. The lowest BCUT2D eigenvalue weighted by Gasteiger charge is -2.33. The summed E-state index contributed by atoms with van der Waals surface area (Å²) in [6, 6.07) is 10.6. The molecule has 1 aromatic rings. The highest BCUT2D eigenvalue weighted by Gasteiger charge is 2.21. The molecule has 0 N–H and O–H groups in total. The molecule has 0 bridgehead atoms. The lowest BCUT2D eigenvalue weighted by Crippen LogP contribution is -2.39. The Hall–Kier alpha value is -0.510. The molecule has 3 heteroatoms. The second kappa shape index (κ2) is 7.17. The van der Waals surface area contributed by atoms with E-state index < -0.39 is 0 Å². The fraction of sp³-hybridized carbons (Fsp3) is 0.600. The maximum absolute atomic E-state index is 5.87. The summed E-state index contributed by atoms with van der Waals surface area (Å²) in [5, 5.41) is 0.732. The van der Waals surface area contributed by atoms with Crippen molar-refractivity contribution in [1.82, 2.24) is 4.90 Å². The van der Waals surface area contributed by atoms with Crippen molar-refractivity contribution >= 4 is 11.8 Å². The lowest BCUT2D eigenvalue weighted by atomic mass is 10.1. The summed E-state index contributed by atoms with van der Waals surface area (Å²) in [4.78, 5) is 2.52. The molecule has 0 amide bonds. The zero-order valence-corrected chi connectivity index (χ0v) is 12.2. The second-order valence-corrected chi connectivity index (χ2v) is 6.67. The monoisotopic (exact) mass is 265 g/mol. The first-order valence-corrected chi connectivity index (χ1v) is 7.81. The molecule has 1 aliphatic heterocycles. The van der Waals surface area contributed by atoms with Crippen LogP contribution in [0.2, 0.25) is 0 Å². The van der Waals surface area contributed by atoms with Gasteiger partial charge in [-0.2, -0.15) is 11.8 Å². The van der Waals surface area contributed by atoms with Crippen LogP contribution in [0.5, 0.6) is 0 Å². The molecule has 0 aliphatic carbocycles. The Morgan fingerprint density at radius 3 is 2.83 bits per heavy atom. The Balaban J connectivity index is 1.81. The van der Waals surface area contributed by atoms with Crippen LogP contribution in [0.4, 0.5) is 0 Å². The standard InChI is InChI=1S/C15H23NOS/c1-13(2)18-11-9-16-8-10-17-15(12-16)14-6-4-3-5-7-14/h3-7,13,15H,8-12H2,1-2H3/t15-/m0/s1. The summed E-state index contributed by atoms with van der Waals surface area (Å²) >= 11 is 2.04. The molecule has 0 unspecified atom stereocenters. The van der Waals surface area contributed by atoms with E-state index >= 15 is 0 Å². The van der Waals surface area contributed by atoms with Crippen LogP contribution >= 0.6 is 11.8 Å². The Morgan fingerprint density at radius 1 is 1.33 bits per heavy atom. The van der Waals surface area contributed by atoms with Gasteiger partial charge >= 0.3 is 0 Å². The van der Waals surface area contributed by atoms with Crippen molar-refractivity contribution in [2.24, 2.45) is 0 Å². The van der Waals surface area contributed by atoms with E-state index in [1.54, 1.807) is 0 Å². The minimum atomic E-state index is 0.254. The smallest absolute Gasteiger partial charge is 0.0952 e. The Morgan fingerprint density at radius 2 is 2.11 bits per heavy atom. The van der Waals surface area contributed by atoms with Gasteiger partial charge in [-0.3, -0.25) is 4.90 Å². The molecule has 0 radical (unpaired) electrons. The summed E-state index contributed by atoms with van der Waals surface area (Å²) in [7, 11) is 0. The van der Waals surface area contributed by atoms with E-state index in [2.05, 4.69) is 49.1 Å². The van der Waals surface area contributed by atoms with Crippen LogP contribution < -0.4 is 0 Å². The number of morpholine rings is 1. The molecule has 0 spiro atoms. The largest absolute Gasteiger partial charge is 0.371 e. The van der Waals surface area contributed by atoms with Crippen LogP contribution in [-0.4, -0.2) is 42.1 Å². The molecular formula is C15H23NOS. The average Bonchev–Trinajstić information content (AvgIpc) is 2.40. The second-order valence-electron chi connectivity index (χ2n) is 4.99. The van der Waals surface area contributed by atoms with Gasteiger partial charge in [-0.1, -0.05) is 44.2 Å². The molecule has 1 fully saturated rings. The van der Waals surface area contributed by atoms with Gasteiger partial charge in [-0.15, -0.1) is 0 Å². The van der Waals surface area contributed by atoms with Crippen molar-refractivity contribution in [3.8, 4) is 0 Å². The van der Waals surface area contributed by atoms with E-state index in [9.17, 15) is 0 Å². The minimum absolute atomic E-state index is 0.254. The third-order valence-corrected chi connectivity index (χ3v) is 4.27. The van der Waals surface area contributed by atoms with Crippen molar-refractivity contribution in [1.29, 1.82) is 0 Å². The highest BCUT2D eigenvalue weighted by molar-refractivity contribution is 7.99. The fourth-order valence-corrected chi connectivity index (χ4v) is 3.03. The Bertz CT molecular complexity index is 342. The molecule has 2 rings (SSSR count). The molecule has 0 aromatic heterocycles. The molecule has 1 aromatic carbocycles. The highest BCUT2D eigenvalue weighted by Crippen LogP contribution is 2.22. The van der Waals surface area contributed by atoms with Crippen LogP contribution in [0.25, 0.3) is 0 Å². The third kappa shape index (κ3) is 4.30. The fourth-order valence-electron chi connectivity index (χ4n) is 2.19. The maximum atomic E-state index is 5.87. The zero-order valence-electron chi connectivity index (χ0n) is 11.3. The van der Waals surface area contributed by atoms with Crippen LogP contribution in [0.1, 0.15) is 25.5 Å². The molecule has 18 heavy (non-hydrogen) atoms. The van der Waals surface area contributed by atoms with Gasteiger partial charge in [0.15, 0.2) is 0 Å². The molecular weight excluding hydrogens is 242 g/mol. The van der Waals surface area contributed by atoms with E-state index in [1.165, 1.54) is 17.9 Å². The van der Waals surface area contributed by atoms with Gasteiger partial charge in [-0.25, -0.2) is 0 Å². The van der Waals surface area contributed by atoms with E-state index in [4.69, 9.17) is 4.74 Å². The first-order chi connectivity index (χ1) is 8.75. The van der Waals surface area contributed by atoms with E-state index in [1.807, 2.05) is 11.8 Å². The predicted octanol–water partition coefficient (Wildman–Crippen LogP) is 3.20. The molecule has 1 heterocycles. The van der Waals surface area contributed by atoms with E-state index in [-0.39, 0.29) is 6.10 Å². The van der Waals surface area contributed by atoms with Crippen molar-refractivity contribution in [2.75, 3.05) is 32.0 Å². The van der Waals surface area contributed by atoms with Crippen LogP contribution in [0.3, 0.4) is 0 Å². The highest BCUT2D eigenvalue weighted by atomic mass is 32.2. The van der Waals surface area contributed by atoms with Gasteiger partial charge in [0.05, 0.1) is 12.7 Å². The van der Waals surface area contributed by atoms with E-state index in [0.717, 1.165) is 24.9 Å². The number of hydrogen-bond donors (Lipinski definition) is 0. The van der Waals surface area contributed by atoms with Gasteiger partial charge in [0.1, 0.15) is 0 Å². The summed E-state index contributed by atoms with van der Waals surface area (Å²) in [6.45, 7) is 8.65. The van der Waals surface area contributed by atoms with Gasteiger partial charge in [-0.05, 0) is 10.8 Å². The minimum Gasteiger partial charge on any atom is -0.371 e. The van der Waals surface area contributed by atoms with Crippen molar-refractivity contribution in [3.63, 3.8) is 0 Å². The normalized spacial score (nSPS) is 21.4. The SMILES string of the molecule is CC(C)SCCN1CCO[C@H](c2ccccc2)C1. The van der Waals surface area contributed by atoms with Gasteiger partial charge in [0.25, 0.3) is 0 Å². The molecule has 1 atom stereocenters. The van der Waals surface area contributed by atoms with Crippen LogP contribution in [0.15, 0.2) is 30.3 Å². The number of hydrogen-bond acceptors (Lipinski definition) is 3. The molecule has 2 nitrogen and oxygen atoms in total. The Labute approximate surface area is 115 Å². The summed E-state index contributed by atoms with van der Waals surface area (Å²) in [6.07, 6.45) is 0.254. The van der Waals surface area contributed by atoms with Crippen molar-refractivity contribution in [2.45, 2.75) is 25.2 Å². The summed E-state index contributed by atoms with van der Waals surface area (Å²) < 4.78 is 5.87. The maximum Gasteiger partial charge on any atom is 0.0952 e. The van der Waals surface area contributed by atoms with E-state index in [0.29, 0.717) is 0 Å². The zero-order chi connectivity index (χ0) is 12.8. The topological polar surface area (TPSA) is 12.5 Å². The molecule has 1 saturated heterocycles. The number of benzene rings is 1. The first kappa shape index (κ1) is 13.9. The van der Waals surface area contributed by atoms with Crippen LogP contribution in [0, 0.1) is 0 Å². The first-order valence-electron chi connectivity index (χ1n) is 6.76. The molecule has 100 valence electrons. The molecule has 1 aliphatic rings. The van der Waals surface area contributed by atoms with Crippen LogP contribution in [-0.2, 0) is 4.74 Å². The van der Waals surface area contributed by atoms with Gasteiger partial charge in [0.2, 0.25) is 0 Å². The Kier molecular flexibility index (Phi) is 5.54. The number of nitrogens with zero attached hydrogens (tertiary/aromatic N) is 1. The third-order valence-electron chi connectivity index (χ3n) is 3.18. The lowest BCUT2D eigenvalue weighted by molar-refractivity contribution is -0.0278. The van der Waals surface area contributed by atoms with Crippen molar-refractivity contribution in [3.05, 3.63) is 35.9 Å². The van der Waals surface area contributed by atoms with Gasteiger partial charge in [0, 0.05) is 25.4 Å². The quantitative estimate of drug-likeness (QED) is 0.811. The summed E-state index contributed by atoms with van der Waals surface area (Å²) in [5.74, 6) is 1.22. The average molecular weight is 265 g/mol. The van der Waals surface area contributed by atoms with Gasteiger partial charge < -0.3 is 4.74 Å². The number of rotatable bonds is 5. The summed E-state index contributed by atoms with van der Waals surface area (Å²) in [5.41, 5.74) is 1.30. The number of thioether (sulfide) groups is 1. The number of ether oxygens (including phenoxy) is 1. The van der Waals surface area contributed by atoms with Crippen molar-refractivity contribution < 1.29 is 4.74 Å².